The Kier molecular flexibility index (Phi) is 6.71. The number of aryl methyl sites for hydroxylation is 1. The first-order valence-corrected chi connectivity index (χ1v) is 8.48. The van der Waals surface area contributed by atoms with Crippen molar-refractivity contribution in [2.45, 2.75) is 50.5 Å². The highest BCUT2D eigenvalue weighted by atomic mass is 16.5. The Morgan fingerprint density at radius 1 is 1.17 bits per heavy atom. The molecule has 0 heterocycles. The molecule has 0 unspecified atom stereocenters. The van der Waals surface area contributed by atoms with Gasteiger partial charge in [-0.2, -0.15) is 0 Å². The minimum Gasteiger partial charge on any atom is -0.497 e. The molecule has 0 atom stereocenters. The number of rotatable bonds is 7. The molecular weight excluding hydrogens is 292 g/mol. The highest BCUT2D eigenvalue weighted by Gasteiger charge is 2.29. The minimum atomic E-state index is -0.710. The second kappa shape index (κ2) is 8.77. The van der Waals surface area contributed by atoms with Gasteiger partial charge < -0.3 is 20.5 Å². The first-order valence-electron chi connectivity index (χ1n) is 8.48. The maximum Gasteiger partial charge on any atom is 0.314 e. The number of amides is 2. The van der Waals surface area contributed by atoms with E-state index in [-0.39, 0.29) is 6.03 Å². The molecule has 2 rings (SSSR count). The third-order valence-corrected chi connectivity index (χ3v) is 4.45. The van der Waals surface area contributed by atoms with Crippen LogP contribution in [0.15, 0.2) is 24.3 Å². The normalized spacial score (nSPS) is 16.6. The molecule has 1 aromatic rings. The van der Waals surface area contributed by atoms with Crippen LogP contribution in [0.3, 0.4) is 0 Å². The van der Waals surface area contributed by atoms with Gasteiger partial charge in [-0.1, -0.05) is 31.4 Å². The number of carbonyl (C=O) groups excluding carboxylic acids is 1. The van der Waals surface area contributed by atoms with Gasteiger partial charge in [0, 0.05) is 13.1 Å². The summed E-state index contributed by atoms with van der Waals surface area (Å²) in [5, 5.41) is 16.0. The molecular formula is C18H28N2O3. The molecule has 5 nitrogen and oxygen atoms in total. The van der Waals surface area contributed by atoms with Crippen LogP contribution >= 0.6 is 0 Å². The highest BCUT2D eigenvalue weighted by molar-refractivity contribution is 5.73. The zero-order chi connectivity index (χ0) is 16.5. The third-order valence-electron chi connectivity index (χ3n) is 4.45. The van der Waals surface area contributed by atoms with Gasteiger partial charge in [0.2, 0.25) is 0 Å². The Labute approximate surface area is 138 Å². The zero-order valence-electron chi connectivity index (χ0n) is 13.9. The Morgan fingerprint density at radius 2 is 1.87 bits per heavy atom. The van der Waals surface area contributed by atoms with Crippen molar-refractivity contribution in [1.82, 2.24) is 10.6 Å². The SMILES string of the molecule is COc1ccc(CCCNC(=O)NCC2(O)CCCCC2)cc1. The standard InChI is InChI=1S/C18H28N2O3/c1-23-16-9-7-15(8-10-16)6-5-13-19-17(21)20-14-18(22)11-3-2-4-12-18/h7-10,22H,2-6,11-14H2,1H3,(H2,19,20,21). The van der Waals surface area contributed by atoms with Gasteiger partial charge >= 0.3 is 6.03 Å². The van der Waals surface area contributed by atoms with Crippen LogP contribution in [0, 0.1) is 0 Å². The second-order valence-corrected chi connectivity index (χ2v) is 6.35. The molecule has 0 aliphatic heterocycles. The lowest BCUT2D eigenvalue weighted by atomic mass is 9.85. The highest BCUT2D eigenvalue weighted by Crippen LogP contribution is 2.27. The van der Waals surface area contributed by atoms with Crippen molar-refractivity contribution in [3.05, 3.63) is 29.8 Å². The van der Waals surface area contributed by atoms with E-state index in [1.165, 1.54) is 12.0 Å². The van der Waals surface area contributed by atoms with Gasteiger partial charge in [-0.05, 0) is 43.4 Å². The number of aliphatic hydroxyl groups is 1. The third kappa shape index (κ3) is 6.10. The number of hydrogen-bond donors (Lipinski definition) is 3. The van der Waals surface area contributed by atoms with Gasteiger partial charge in [0.15, 0.2) is 0 Å². The first kappa shape index (κ1) is 17.6. The summed E-state index contributed by atoms with van der Waals surface area (Å²) in [7, 11) is 1.65. The smallest absolute Gasteiger partial charge is 0.314 e. The van der Waals surface area contributed by atoms with E-state index in [1.54, 1.807) is 7.11 Å². The van der Waals surface area contributed by atoms with E-state index in [9.17, 15) is 9.90 Å². The molecule has 0 saturated heterocycles. The summed E-state index contributed by atoms with van der Waals surface area (Å²) in [5.41, 5.74) is 0.517. The Bertz CT molecular complexity index is 482. The van der Waals surface area contributed by atoms with Crippen LogP contribution in [0.5, 0.6) is 5.75 Å². The van der Waals surface area contributed by atoms with Crippen LogP contribution in [0.2, 0.25) is 0 Å². The number of nitrogens with one attached hydrogen (secondary N) is 2. The summed E-state index contributed by atoms with van der Waals surface area (Å²) in [6.07, 6.45) is 6.62. The first-order chi connectivity index (χ1) is 11.1. The number of carbonyl (C=O) groups is 1. The summed E-state index contributed by atoms with van der Waals surface area (Å²) in [6, 6.07) is 7.77. The minimum absolute atomic E-state index is 0.196. The monoisotopic (exact) mass is 320 g/mol. The lowest BCUT2D eigenvalue weighted by molar-refractivity contribution is 0.00720. The van der Waals surface area contributed by atoms with Crippen LogP contribution in [-0.4, -0.2) is 36.9 Å². The van der Waals surface area contributed by atoms with Crippen LogP contribution in [-0.2, 0) is 6.42 Å². The van der Waals surface area contributed by atoms with E-state index in [1.807, 2.05) is 24.3 Å². The molecule has 0 bridgehead atoms. The van der Waals surface area contributed by atoms with Crippen molar-refractivity contribution in [3.63, 3.8) is 0 Å². The largest absolute Gasteiger partial charge is 0.497 e. The van der Waals surface area contributed by atoms with E-state index in [2.05, 4.69) is 10.6 Å². The lowest BCUT2D eigenvalue weighted by Gasteiger charge is -2.32. The van der Waals surface area contributed by atoms with E-state index >= 15 is 0 Å². The lowest BCUT2D eigenvalue weighted by Crippen LogP contribution is -2.47. The average molecular weight is 320 g/mol. The van der Waals surface area contributed by atoms with Gasteiger partial charge in [-0.3, -0.25) is 0 Å². The quantitative estimate of drug-likeness (QED) is 0.676. The van der Waals surface area contributed by atoms with Gasteiger partial charge in [-0.15, -0.1) is 0 Å². The zero-order valence-corrected chi connectivity index (χ0v) is 13.9. The molecule has 0 spiro atoms. The van der Waals surface area contributed by atoms with Gasteiger partial charge in [-0.25, -0.2) is 4.79 Å². The molecule has 128 valence electrons. The average Bonchev–Trinajstić information content (AvgIpc) is 2.58. The molecule has 0 aromatic heterocycles. The number of urea groups is 1. The fourth-order valence-electron chi connectivity index (χ4n) is 2.98. The predicted octanol–water partition coefficient (Wildman–Crippen LogP) is 2.62. The predicted molar refractivity (Wildman–Crippen MR) is 90.8 cm³/mol. The summed E-state index contributed by atoms with van der Waals surface area (Å²) in [4.78, 5) is 11.8. The molecule has 1 aliphatic rings. The van der Waals surface area contributed by atoms with Crippen LogP contribution in [0.1, 0.15) is 44.1 Å². The van der Waals surface area contributed by atoms with Crippen LogP contribution < -0.4 is 15.4 Å². The Morgan fingerprint density at radius 3 is 2.52 bits per heavy atom. The van der Waals surface area contributed by atoms with Gasteiger partial charge in [0.1, 0.15) is 5.75 Å². The van der Waals surface area contributed by atoms with Crippen LogP contribution in [0.4, 0.5) is 4.79 Å². The molecule has 3 N–H and O–H groups in total. The molecule has 2 amide bonds. The molecule has 1 aromatic carbocycles. The summed E-state index contributed by atoms with van der Waals surface area (Å²) in [5.74, 6) is 0.854. The maximum atomic E-state index is 11.8. The summed E-state index contributed by atoms with van der Waals surface area (Å²) in [6.45, 7) is 0.966. The van der Waals surface area contributed by atoms with E-state index in [0.717, 1.165) is 44.3 Å². The second-order valence-electron chi connectivity index (χ2n) is 6.35. The fraction of sp³-hybridized carbons (Fsp3) is 0.611. The summed E-state index contributed by atoms with van der Waals surface area (Å²) < 4.78 is 5.13. The molecule has 1 saturated carbocycles. The fourth-order valence-corrected chi connectivity index (χ4v) is 2.98. The Hall–Kier alpha value is -1.75. The molecule has 0 radical (unpaired) electrons. The van der Waals surface area contributed by atoms with Crippen molar-refractivity contribution in [3.8, 4) is 5.75 Å². The van der Waals surface area contributed by atoms with Crippen molar-refractivity contribution in [1.29, 1.82) is 0 Å². The topological polar surface area (TPSA) is 70.6 Å². The van der Waals surface area contributed by atoms with E-state index in [4.69, 9.17) is 4.74 Å². The van der Waals surface area contributed by atoms with Crippen molar-refractivity contribution >= 4 is 6.03 Å². The molecule has 23 heavy (non-hydrogen) atoms. The Balaban J connectivity index is 1.59. The van der Waals surface area contributed by atoms with E-state index in [0.29, 0.717) is 13.1 Å². The summed E-state index contributed by atoms with van der Waals surface area (Å²) >= 11 is 0. The van der Waals surface area contributed by atoms with Gasteiger partial charge in [0.25, 0.3) is 0 Å². The molecule has 1 aliphatic carbocycles. The maximum absolute atomic E-state index is 11.8. The molecule has 5 heteroatoms. The van der Waals surface area contributed by atoms with Crippen LogP contribution in [0.25, 0.3) is 0 Å². The van der Waals surface area contributed by atoms with E-state index < -0.39 is 5.60 Å². The number of benzene rings is 1. The number of hydrogen-bond acceptors (Lipinski definition) is 3. The van der Waals surface area contributed by atoms with Crippen molar-refractivity contribution < 1.29 is 14.6 Å². The molecule has 1 fully saturated rings. The van der Waals surface area contributed by atoms with Crippen molar-refractivity contribution in [2.24, 2.45) is 0 Å². The van der Waals surface area contributed by atoms with Crippen molar-refractivity contribution in [2.75, 3.05) is 20.2 Å². The number of ether oxygens (including phenoxy) is 1. The number of methoxy groups -OCH3 is 1. The van der Waals surface area contributed by atoms with Gasteiger partial charge in [0.05, 0.1) is 12.7 Å².